The van der Waals surface area contributed by atoms with E-state index in [0.717, 1.165) is 0 Å². The van der Waals surface area contributed by atoms with Gasteiger partial charge in [-0.1, -0.05) is 42.5 Å². The number of amides is 1. The fourth-order valence-corrected chi connectivity index (χ4v) is 5.01. The smallest absolute Gasteiger partial charge is 0.283 e. The molecule has 5 rings (SSSR count). The molecule has 0 aliphatic heterocycles. The number of nitrogens with one attached hydrogen (secondary N) is 1. The molecule has 0 bridgehead atoms. The van der Waals surface area contributed by atoms with Gasteiger partial charge in [-0.25, -0.2) is 0 Å². The summed E-state index contributed by atoms with van der Waals surface area (Å²) in [5.41, 5.74) is -0.112. The minimum Gasteiger partial charge on any atom is -0.867 e. The highest BCUT2D eigenvalue weighted by atomic mass is 32.2. The van der Waals surface area contributed by atoms with Crippen molar-refractivity contribution >= 4 is 44.6 Å². The number of ether oxygens (including phenoxy) is 1. The number of aromatic nitrogens is 1. The van der Waals surface area contributed by atoms with E-state index in [-0.39, 0.29) is 27.6 Å². The molecule has 10 heteroatoms. The summed E-state index contributed by atoms with van der Waals surface area (Å²) in [4.78, 5) is 24.6. The zero-order chi connectivity index (χ0) is 27.6. The van der Waals surface area contributed by atoms with Gasteiger partial charge in [0.05, 0.1) is 4.90 Å². The first-order valence-electron chi connectivity index (χ1n) is 11.8. The zero-order valence-corrected chi connectivity index (χ0v) is 21.4. The van der Waals surface area contributed by atoms with Crippen LogP contribution < -0.4 is 19.7 Å². The fraction of sp³-hybridized carbons (Fsp3) is 0.0345. The Balaban J connectivity index is 1.58. The van der Waals surface area contributed by atoms with Crippen LogP contribution in [-0.4, -0.2) is 25.8 Å². The van der Waals surface area contributed by atoms with Crippen LogP contribution in [0.4, 0.5) is 5.69 Å². The molecule has 1 amide bonds. The van der Waals surface area contributed by atoms with Gasteiger partial charge >= 0.3 is 0 Å². The number of benzene rings is 3. The maximum atomic E-state index is 13.6. The number of hydrogen-bond acceptors (Lipinski definition) is 6. The Morgan fingerprint density at radius 3 is 2.08 bits per heavy atom. The number of hydrogen-bond donors (Lipinski definition) is 1. The molecule has 1 aliphatic carbocycles. The molecular formula is C29H21N3O6S. The monoisotopic (exact) mass is 539 g/mol. The van der Waals surface area contributed by atoms with E-state index in [2.05, 4.69) is 9.71 Å². The molecule has 3 aromatic carbocycles. The van der Waals surface area contributed by atoms with E-state index in [9.17, 15) is 23.1 Å². The van der Waals surface area contributed by atoms with Crippen LogP contribution in [0.5, 0.6) is 11.5 Å². The standard InChI is InChI=1S/C29H21N3O6S/c1-19(33)30-20-11-13-23(14-12-20)39(36,37)31-26-27(29(35)25-10-6-5-9-24(25)28(26)34)32-17-15-22(16-18-32)38-21-7-3-2-4-8-21/h2-18H,1H3,(H-,30,31,33,35). The highest BCUT2D eigenvalue weighted by Crippen LogP contribution is 2.29. The Labute approximate surface area is 224 Å². The van der Waals surface area contributed by atoms with Crippen molar-refractivity contribution in [2.75, 3.05) is 5.32 Å². The molecule has 4 aromatic rings. The molecule has 0 spiro atoms. The van der Waals surface area contributed by atoms with Crippen molar-refractivity contribution in [3.8, 4) is 11.5 Å². The normalized spacial score (nSPS) is 14.2. The third-order valence-corrected chi connectivity index (χ3v) is 7.08. The number of anilines is 1. The van der Waals surface area contributed by atoms with Crippen LogP contribution in [0, 0.1) is 0 Å². The van der Waals surface area contributed by atoms with Crippen molar-refractivity contribution in [2.24, 2.45) is 4.40 Å². The molecule has 9 nitrogen and oxygen atoms in total. The Morgan fingerprint density at radius 2 is 1.44 bits per heavy atom. The van der Waals surface area contributed by atoms with Gasteiger partial charge < -0.3 is 15.2 Å². The van der Waals surface area contributed by atoms with Crippen LogP contribution in [0.2, 0.25) is 0 Å². The molecule has 0 saturated carbocycles. The SMILES string of the molecule is CC(=O)Nc1ccc(S(=O)(=O)/N=C2\C(=O)c3ccccc3C([O-])=C2[n+]2ccc(Oc3ccccc3)cc2)cc1. The molecule has 0 fully saturated rings. The van der Waals surface area contributed by atoms with Crippen molar-refractivity contribution < 1.29 is 32.4 Å². The first-order valence-corrected chi connectivity index (χ1v) is 13.2. The van der Waals surface area contributed by atoms with E-state index in [1.807, 2.05) is 18.2 Å². The number of pyridine rings is 1. The summed E-state index contributed by atoms with van der Waals surface area (Å²) in [7, 11) is -4.41. The van der Waals surface area contributed by atoms with Crippen LogP contribution in [0.15, 0.2) is 113 Å². The molecule has 0 atom stereocenters. The predicted octanol–water partition coefficient (Wildman–Crippen LogP) is 3.44. The molecule has 0 unspecified atom stereocenters. The summed E-state index contributed by atoms with van der Waals surface area (Å²) < 4.78 is 37.5. The van der Waals surface area contributed by atoms with Crippen molar-refractivity contribution in [3.05, 3.63) is 115 Å². The maximum Gasteiger partial charge on any atom is 0.283 e. The lowest BCUT2D eigenvalue weighted by Gasteiger charge is -2.23. The Kier molecular flexibility index (Phi) is 6.78. The Bertz CT molecular complexity index is 1750. The van der Waals surface area contributed by atoms with Gasteiger partial charge in [-0.3, -0.25) is 9.59 Å². The van der Waals surface area contributed by atoms with E-state index in [1.165, 1.54) is 60.3 Å². The van der Waals surface area contributed by atoms with Crippen LogP contribution >= 0.6 is 0 Å². The average molecular weight is 540 g/mol. The number of sulfonamides is 1. The first kappa shape index (κ1) is 25.6. The van der Waals surface area contributed by atoms with Crippen molar-refractivity contribution in [1.29, 1.82) is 0 Å². The van der Waals surface area contributed by atoms with Crippen molar-refractivity contribution in [3.63, 3.8) is 0 Å². The molecule has 1 aromatic heterocycles. The number of allylic oxidation sites excluding steroid dienone is 1. The van der Waals surface area contributed by atoms with Gasteiger partial charge in [-0.2, -0.15) is 13.0 Å². The summed E-state index contributed by atoms with van der Waals surface area (Å²) in [5, 5.41) is 16.1. The summed E-state index contributed by atoms with van der Waals surface area (Å²) in [6.45, 7) is 1.33. The molecule has 194 valence electrons. The summed E-state index contributed by atoms with van der Waals surface area (Å²) in [5.74, 6) is -0.484. The number of para-hydroxylation sites is 1. The van der Waals surface area contributed by atoms with Gasteiger partial charge in [0.15, 0.2) is 18.1 Å². The topological polar surface area (TPSA) is 129 Å². The third kappa shape index (κ3) is 5.32. The Morgan fingerprint density at radius 1 is 0.846 bits per heavy atom. The molecule has 1 N–H and O–H groups in total. The van der Waals surface area contributed by atoms with Gasteiger partial charge in [0.1, 0.15) is 11.5 Å². The lowest BCUT2D eigenvalue weighted by atomic mass is 9.91. The minimum atomic E-state index is -4.41. The van der Waals surface area contributed by atoms with Crippen molar-refractivity contribution in [1.82, 2.24) is 0 Å². The number of rotatable bonds is 6. The van der Waals surface area contributed by atoms with E-state index >= 15 is 0 Å². The van der Waals surface area contributed by atoms with E-state index in [4.69, 9.17) is 4.74 Å². The van der Waals surface area contributed by atoms with E-state index in [1.54, 1.807) is 36.4 Å². The molecular weight excluding hydrogens is 518 g/mol. The molecule has 0 saturated heterocycles. The molecule has 39 heavy (non-hydrogen) atoms. The first-order chi connectivity index (χ1) is 18.7. The lowest BCUT2D eigenvalue weighted by molar-refractivity contribution is -0.577. The van der Waals surface area contributed by atoms with Gasteiger partial charge in [0.2, 0.25) is 17.4 Å². The van der Waals surface area contributed by atoms with Crippen molar-refractivity contribution in [2.45, 2.75) is 11.8 Å². The largest absolute Gasteiger partial charge is 0.867 e. The van der Waals surface area contributed by atoms with Crippen LogP contribution in [0.3, 0.4) is 0 Å². The summed E-state index contributed by atoms with van der Waals surface area (Å²) in [6.07, 6.45) is 2.99. The van der Waals surface area contributed by atoms with Gasteiger partial charge in [-0.05, 0) is 47.7 Å². The second-order valence-electron chi connectivity index (χ2n) is 8.53. The van der Waals surface area contributed by atoms with E-state index < -0.39 is 27.3 Å². The zero-order valence-electron chi connectivity index (χ0n) is 20.6. The molecule has 1 aliphatic rings. The quantitative estimate of drug-likeness (QED) is 0.374. The van der Waals surface area contributed by atoms with Crippen LogP contribution in [-0.2, 0) is 14.8 Å². The number of nitrogens with zero attached hydrogens (tertiary/aromatic N) is 2. The second kappa shape index (κ2) is 10.3. The van der Waals surface area contributed by atoms with Crippen LogP contribution in [0.1, 0.15) is 22.8 Å². The molecule has 0 radical (unpaired) electrons. The average Bonchev–Trinajstić information content (AvgIpc) is 2.93. The fourth-order valence-electron chi connectivity index (χ4n) is 4.01. The second-order valence-corrected chi connectivity index (χ2v) is 10.1. The Hall–Kier alpha value is -5.09. The van der Waals surface area contributed by atoms with Gasteiger partial charge in [-0.15, -0.1) is 4.40 Å². The number of Topliss-reactive ketones (excluding diaryl/α,β-unsaturated/α-hetero) is 1. The predicted molar refractivity (Wildman–Crippen MR) is 142 cm³/mol. The van der Waals surface area contributed by atoms with Crippen LogP contribution in [0.25, 0.3) is 11.5 Å². The summed E-state index contributed by atoms with van der Waals surface area (Å²) >= 11 is 0. The third-order valence-electron chi connectivity index (χ3n) is 5.79. The summed E-state index contributed by atoms with van der Waals surface area (Å²) in [6, 6.07) is 23.8. The highest BCUT2D eigenvalue weighted by molar-refractivity contribution is 7.90. The van der Waals surface area contributed by atoms with Gasteiger partial charge in [0, 0.05) is 30.3 Å². The minimum absolute atomic E-state index is 0.0610. The van der Waals surface area contributed by atoms with E-state index in [0.29, 0.717) is 17.2 Å². The van der Waals surface area contributed by atoms with Gasteiger partial charge in [0.25, 0.3) is 10.0 Å². The number of carbonyl (C=O) groups is 2. The lowest BCUT2D eigenvalue weighted by Crippen LogP contribution is -2.43. The maximum absolute atomic E-state index is 13.6. The number of fused-ring (bicyclic) bond motifs is 1. The number of ketones is 1. The number of carbonyl (C=O) groups excluding carboxylic acids is 2. The highest BCUT2D eigenvalue weighted by Gasteiger charge is 2.35. The molecule has 1 heterocycles.